The van der Waals surface area contributed by atoms with Gasteiger partial charge in [0.15, 0.2) is 12.4 Å². The summed E-state index contributed by atoms with van der Waals surface area (Å²) >= 11 is 0. The van der Waals surface area contributed by atoms with Crippen LogP contribution in [0.2, 0.25) is 0 Å². The highest BCUT2D eigenvalue weighted by molar-refractivity contribution is 6.06. The van der Waals surface area contributed by atoms with Crippen LogP contribution in [0.4, 0.5) is 5.82 Å². The van der Waals surface area contributed by atoms with Crippen molar-refractivity contribution in [2.45, 2.75) is 45.9 Å². The van der Waals surface area contributed by atoms with Gasteiger partial charge >= 0.3 is 5.97 Å². The lowest BCUT2D eigenvalue weighted by Crippen LogP contribution is -2.39. The number of pyridine rings is 1. The van der Waals surface area contributed by atoms with E-state index in [9.17, 15) is 9.59 Å². The maximum Gasteiger partial charge on any atom is 0.341 e. The predicted molar refractivity (Wildman–Crippen MR) is 160 cm³/mol. The third-order valence-corrected chi connectivity index (χ3v) is 7.48. The highest BCUT2D eigenvalue weighted by atomic mass is 16.5. The Morgan fingerprint density at radius 2 is 1.90 bits per heavy atom. The van der Waals surface area contributed by atoms with Crippen LogP contribution in [0.15, 0.2) is 48.5 Å². The van der Waals surface area contributed by atoms with Crippen LogP contribution in [-0.2, 0) is 34.0 Å². The molecule has 0 atom stereocenters. The Morgan fingerprint density at radius 1 is 1.10 bits per heavy atom. The zero-order valence-corrected chi connectivity index (χ0v) is 24.0. The van der Waals surface area contributed by atoms with Gasteiger partial charge < -0.3 is 29.8 Å². The van der Waals surface area contributed by atoms with Crippen LogP contribution >= 0.6 is 0 Å². The van der Waals surface area contributed by atoms with Crippen molar-refractivity contribution in [2.24, 2.45) is 0 Å². The summed E-state index contributed by atoms with van der Waals surface area (Å²) in [6.07, 6.45) is 2.90. The number of nitrogens with zero attached hydrogens (tertiary/aromatic N) is 5. The standard InChI is InChI=1S/C31H38N6O5/c1-2-41-20-26-34-29-30(24-11-3-4-12-25(24)33-31(29)32)37(26)16-8-15-36(27(38)19-35-13-5-6-14-35)18-22-9-7-10-23(17-22)42-21-28(39)40/h3-4,7,9-12,17H,2,5-6,8,13-16,18-21H2,1H3,(H2,32,33)(H,39,40). The molecule has 1 aliphatic heterocycles. The molecule has 2 aromatic heterocycles. The average molecular weight is 575 g/mol. The lowest BCUT2D eigenvalue weighted by Gasteiger charge is -2.26. The third-order valence-electron chi connectivity index (χ3n) is 7.48. The van der Waals surface area contributed by atoms with E-state index in [1.54, 1.807) is 12.1 Å². The number of carbonyl (C=O) groups is 2. The van der Waals surface area contributed by atoms with E-state index < -0.39 is 12.6 Å². The normalized spacial score (nSPS) is 13.6. The molecule has 0 saturated carbocycles. The van der Waals surface area contributed by atoms with Gasteiger partial charge in [0.25, 0.3) is 0 Å². The number of aromatic nitrogens is 3. The van der Waals surface area contributed by atoms with E-state index in [-0.39, 0.29) is 5.91 Å². The topological polar surface area (TPSA) is 136 Å². The fourth-order valence-corrected chi connectivity index (χ4v) is 5.49. The van der Waals surface area contributed by atoms with Crippen molar-refractivity contribution in [2.75, 3.05) is 45.1 Å². The van der Waals surface area contributed by atoms with E-state index in [1.165, 1.54) is 0 Å². The molecule has 2 aromatic carbocycles. The number of ether oxygens (including phenoxy) is 2. The smallest absolute Gasteiger partial charge is 0.341 e. The Balaban J connectivity index is 1.38. The lowest BCUT2D eigenvalue weighted by molar-refractivity contribution is -0.139. The first-order valence-corrected chi connectivity index (χ1v) is 14.5. The molecule has 0 radical (unpaired) electrons. The van der Waals surface area contributed by atoms with Crippen molar-refractivity contribution in [1.29, 1.82) is 0 Å². The van der Waals surface area contributed by atoms with Gasteiger partial charge in [0.05, 0.1) is 17.6 Å². The van der Waals surface area contributed by atoms with E-state index in [1.807, 2.05) is 48.2 Å². The second-order valence-electron chi connectivity index (χ2n) is 10.5. The summed E-state index contributed by atoms with van der Waals surface area (Å²) in [4.78, 5) is 38.0. The number of imidazole rings is 1. The number of hydrogen-bond acceptors (Lipinski definition) is 8. The molecular formula is C31H38N6O5. The first-order valence-electron chi connectivity index (χ1n) is 14.5. The molecule has 1 amide bonds. The van der Waals surface area contributed by atoms with Crippen molar-refractivity contribution >= 4 is 39.6 Å². The molecule has 4 aromatic rings. The van der Waals surface area contributed by atoms with Crippen molar-refractivity contribution in [3.05, 3.63) is 59.9 Å². The maximum absolute atomic E-state index is 13.5. The molecule has 1 aliphatic rings. The summed E-state index contributed by atoms with van der Waals surface area (Å²) in [7, 11) is 0. The number of hydrogen-bond donors (Lipinski definition) is 2. The summed E-state index contributed by atoms with van der Waals surface area (Å²) in [6.45, 7) is 6.22. The van der Waals surface area contributed by atoms with E-state index in [0.717, 1.165) is 53.7 Å². The van der Waals surface area contributed by atoms with Crippen LogP contribution < -0.4 is 10.5 Å². The Bertz CT molecular complexity index is 1550. The van der Waals surface area contributed by atoms with Crippen LogP contribution in [0.1, 0.15) is 37.6 Å². The molecule has 222 valence electrons. The molecule has 5 rings (SSSR count). The van der Waals surface area contributed by atoms with Crippen LogP contribution in [0, 0.1) is 0 Å². The number of aryl methyl sites for hydroxylation is 1. The highest BCUT2D eigenvalue weighted by Gasteiger charge is 2.22. The number of anilines is 1. The van der Waals surface area contributed by atoms with Crippen LogP contribution in [0.3, 0.4) is 0 Å². The molecule has 0 aliphatic carbocycles. The molecule has 11 nitrogen and oxygen atoms in total. The molecule has 1 saturated heterocycles. The second kappa shape index (κ2) is 13.6. The van der Waals surface area contributed by atoms with Gasteiger partial charge in [0, 0.05) is 31.6 Å². The van der Waals surface area contributed by atoms with Crippen molar-refractivity contribution < 1.29 is 24.2 Å². The Hall–Kier alpha value is -4.22. The zero-order chi connectivity index (χ0) is 29.5. The third kappa shape index (κ3) is 6.97. The van der Waals surface area contributed by atoms with E-state index in [2.05, 4.69) is 14.5 Å². The number of fused-ring (bicyclic) bond motifs is 3. The summed E-state index contributed by atoms with van der Waals surface area (Å²) in [6, 6.07) is 15.1. The summed E-state index contributed by atoms with van der Waals surface area (Å²) < 4.78 is 13.3. The van der Waals surface area contributed by atoms with Gasteiger partial charge in [-0.25, -0.2) is 14.8 Å². The molecule has 0 unspecified atom stereocenters. The number of rotatable bonds is 14. The highest BCUT2D eigenvalue weighted by Crippen LogP contribution is 2.29. The van der Waals surface area contributed by atoms with Crippen LogP contribution in [0.25, 0.3) is 21.9 Å². The number of nitrogens with two attached hydrogens (primary N) is 1. The zero-order valence-electron chi connectivity index (χ0n) is 24.0. The van der Waals surface area contributed by atoms with E-state index >= 15 is 0 Å². The molecule has 3 heterocycles. The predicted octanol–water partition coefficient (Wildman–Crippen LogP) is 3.68. The first kappa shape index (κ1) is 29.3. The number of amides is 1. The molecule has 11 heteroatoms. The van der Waals surface area contributed by atoms with Gasteiger partial charge in [-0.1, -0.05) is 30.3 Å². The summed E-state index contributed by atoms with van der Waals surface area (Å²) in [5, 5.41) is 9.94. The van der Waals surface area contributed by atoms with Gasteiger partial charge in [-0.05, 0) is 63.0 Å². The number of carboxylic acids is 1. The molecule has 1 fully saturated rings. The minimum Gasteiger partial charge on any atom is -0.482 e. The van der Waals surface area contributed by atoms with E-state index in [4.69, 9.17) is 25.3 Å². The molecule has 3 N–H and O–H groups in total. The van der Waals surface area contributed by atoms with Gasteiger partial charge in [-0.2, -0.15) is 0 Å². The van der Waals surface area contributed by atoms with Crippen molar-refractivity contribution in [3.63, 3.8) is 0 Å². The van der Waals surface area contributed by atoms with Gasteiger partial charge in [-0.15, -0.1) is 0 Å². The number of para-hydroxylation sites is 1. The minimum absolute atomic E-state index is 0.0673. The van der Waals surface area contributed by atoms with Gasteiger partial charge in [-0.3, -0.25) is 9.69 Å². The number of likely N-dealkylation sites (tertiary alicyclic amines) is 1. The minimum atomic E-state index is -1.04. The molecule has 0 spiro atoms. The van der Waals surface area contributed by atoms with E-state index in [0.29, 0.717) is 62.9 Å². The Morgan fingerprint density at radius 3 is 2.69 bits per heavy atom. The summed E-state index contributed by atoms with van der Waals surface area (Å²) in [5.41, 5.74) is 9.60. The molecule has 42 heavy (non-hydrogen) atoms. The molecular weight excluding hydrogens is 536 g/mol. The first-order chi connectivity index (χ1) is 20.4. The maximum atomic E-state index is 13.5. The largest absolute Gasteiger partial charge is 0.482 e. The Labute approximate surface area is 244 Å². The van der Waals surface area contributed by atoms with Crippen LogP contribution in [-0.4, -0.2) is 80.7 Å². The number of carboxylic acid groups (broad SMARTS) is 1. The van der Waals surface area contributed by atoms with Crippen molar-refractivity contribution in [1.82, 2.24) is 24.3 Å². The number of carbonyl (C=O) groups excluding carboxylic acids is 1. The quantitative estimate of drug-likeness (QED) is 0.231. The average Bonchev–Trinajstić information content (AvgIpc) is 3.63. The van der Waals surface area contributed by atoms with Gasteiger partial charge in [0.2, 0.25) is 5.91 Å². The van der Waals surface area contributed by atoms with Crippen molar-refractivity contribution in [3.8, 4) is 5.75 Å². The fraction of sp³-hybridized carbons (Fsp3) is 0.419. The van der Waals surface area contributed by atoms with Crippen LogP contribution in [0.5, 0.6) is 5.75 Å². The number of benzene rings is 2. The number of nitrogen functional groups attached to an aromatic ring is 1. The monoisotopic (exact) mass is 574 g/mol. The second-order valence-corrected chi connectivity index (χ2v) is 10.5. The number of aliphatic carboxylic acids is 1. The Kier molecular flexibility index (Phi) is 9.50. The van der Waals surface area contributed by atoms with Gasteiger partial charge in [0.1, 0.15) is 23.7 Å². The fourth-order valence-electron chi connectivity index (χ4n) is 5.49. The summed E-state index contributed by atoms with van der Waals surface area (Å²) in [5.74, 6) is 0.648. The molecule has 0 bridgehead atoms. The SMILES string of the molecule is CCOCc1nc2c(N)nc3ccccc3c2n1CCCN(Cc1cccc(OCC(=O)O)c1)C(=O)CN1CCCC1. The lowest BCUT2D eigenvalue weighted by atomic mass is 10.1.